The average Bonchev–Trinajstić information content (AvgIpc) is 3.09. The molecule has 0 unspecified atom stereocenters. The van der Waals surface area contributed by atoms with E-state index in [-0.39, 0.29) is 17.3 Å². The normalized spacial score (nSPS) is 14.4. The van der Waals surface area contributed by atoms with Crippen molar-refractivity contribution in [3.63, 3.8) is 0 Å². The number of rotatable bonds is 7. The molecule has 37 heavy (non-hydrogen) atoms. The van der Waals surface area contributed by atoms with Crippen molar-refractivity contribution >= 4 is 84.0 Å². The van der Waals surface area contributed by atoms with Crippen LogP contribution in [0.2, 0.25) is 5.02 Å². The van der Waals surface area contributed by atoms with Gasteiger partial charge in [0.25, 0.3) is 11.1 Å². The summed E-state index contributed by atoms with van der Waals surface area (Å²) in [5.41, 5.74) is 2.74. The summed E-state index contributed by atoms with van der Waals surface area (Å²) >= 11 is 13.7. The summed E-state index contributed by atoms with van der Waals surface area (Å²) in [6.45, 7) is 1.62. The lowest BCUT2D eigenvalue weighted by atomic mass is 10.2. The average molecular weight is 669 g/mol. The Balaban J connectivity index is 1.44. The molecule has 3 aromatic rings. The Bertz CT molecular complexity index is 1410. The fourth-order valence-electron chi connectivity index (χ4n) is 3.39. The van der Waals surface area contributed by atoms with Crippen LogP contribution in [-0.2, 0) is 16.2 Å². The Morgan fingerprint density at radius 2 is 1.78 bits per heavy atom. The summed E-state index contributed by atoms with van der Waals surface area (Å²) in [6, 6.07) is 14.6. The van der Waals surface area contributed by atoms with Gasteiger partial charge in [0.2, 0.25) is 5.91 Å². The summed E-state index contributed by atoms with van der Waals surface area (Å²) < 4.78 is 20.2. The number of halogens is 4. The number of hydrogen-bond acceptors (Lipinski definition) is 5. The minimum atomic E-state index is -0.558. The number of imide groups is 1. The number of hydrogen-bond donors (Lipinski definition) is 1. The number of anilines is 1. The largest absolute Gasteiger partial charge is 0.487 e. The highest BCUT2D eigenvalue weighted by molar-refractivity contribution is 9.11. The van der Waals surface area contributed by atoms with Gasteiger partial charge in [-0.15, -0.1) is 0 Å². The fraction of sp³-hybridized carbons (Fsp3) is 0.115. The Hall–Kier alpha value is -2.66. The first-order valence-corrected chi connectivity index (χ1v) is 13.6. The van der Waals surface area contributed by atoms with Crippen LogP contribution in [-0.4, -0.2) is 28.5 Å². The lowest BCUT2D eigenvalue weighted by Crippen LogP contribution is -2.36. The van der Waals surface area contributed by atoms with Crippen LogP contribution in [0, 0.1) is 12.7 Å². The lowest BCUT2D eigenvalue weighted by molar-refractivity contribution is -0.127. The summed E-state index contributed by atoms with van der Waals surface area (Å²) in [7, 11) is 0. The van der Waals surface area contributed by atoms with E-state index in [0.29, 0.717) is 31.0 Å². The van der Waals surface area contributed by atoms with Gasteiger partial charge in [-0.2, -0.15) is 0 Å². The van der Waals surface area contributed by atoms with Gasteiger partial charge in [0.05, 0.1) is 13.9 Å². The molecule has 0 radical (unpaired) electrons. The van der Waals surface area contributed by atoms with E-state index >= 15 is 0 Å². The van der Waals surface area contributed by atoms with Crippen LogP contribution in [0.3, 0.4) is 0 Å². The van der Waals surface area contributed by atoms with E-state index < -0.39 is 23.6 Å². The molecule has 1 heterocycles. The molecular weight excluding hydrogens is 651 g/mol. The van der Waals surface area contributed by atoms with Crippen molar-refractivity contribution in [1.82, 2.24) is 4.90 Å². The third-order valence-electron chi connectivity index (χ3n) is 5.26. The summed E-state index contributed by atoms with van der Waals surface area (Å²) in [5, 5.41) is 2.61. The Labute approximate surface area is 238 Å². The van der Waals surface area contributed by atoms with Crippen molar-refractivity contribution in [2.75, 3.05) is 11.9 Å². The zero-order valence-corrected chi connectivity index (χ0v) is 23.9. The second-order valence-electron chi connectivity index (χ2n) is 8.00. The number of benzene rings is 3. The van der Waals surface area contributed by atoms with Gasteiger partial charge in [-0.25, -0.2) is 4.39 Å². The number of carbonyl (C=O) groups is 3. The first kappa shape index (κ1) is 27.4. The topological polar surface area (TPSA) is 75.7 Å². The van der Waals surface area contributed by atoms with E-state index in [2.05, 4.69) is 37.2 Å². The van der Waals surface area contributed by atoms with Crippen molar-refractivity contribution in [1.29, 1.82) is 0 Å². The molecular formula is C26H18Br2ClFN2O4S. The fourth-order valence-corrected chi connectivity index (χ4v) is 5.85. The second-order valence-corrected chi connectivity index (χ2v) is 11.1. The van der Waals surface area contributed by atoms with Crippen molar-refractivity contribution in [3.05, 3.63) is 96.0 Å². The van der Waals surface area contributed by atoms with Crippen LogP contribution in [0.1, 0.15) is 16.7 Å². The number of nitrogens with one attached hydrogen (secondary N) is 1. The zero-order valence-electron chi connectivity index (χ0n) is 19.2. The van der Waals surface area contributed by atoms with Gasteiger partial charge in [0.15, 0.2) is 0 Å². The smallest absolute Gasteiger partial charge is 0.294 e. The van der Waals surface area contributed by atoms with Gasteiger partial charge in [-0.3, -0.25) is 19.3 Å². The Kier molecular flexibility index (Phi) is 8.74. The second kappa shape index (κ2) is 11.8. The third-order valence-corrected chi connectivity index (χ3v) is 7.58. The van der Waals surface area contributed by atoms with Gasteiger partial charge in [-0.1, -0.05) is 29.8 Å². The third kappa shape index (κ3) is 6.81. The number of carbonyl (C=O) groups excluding carboxylic acids is 3. The predicted octanol–water partition coefficient (Wildman–Crippen LogP) is 7.57. The highest BCUT2D eigenvalue weighted by atomic mass is 79.9. The van der Waals surface area contributed by atoms with Gasteiger partial charge >= 0.3 is 0 Å². The molecule has 190 valence electrons. The molecule has 0 aliphatic carbocycles. The molecule has 0 spiro atoms. The molecule has 1 aliphatic heterocycles. The molecule has 3 amide bonds. The number of amides is 3. The molecule has 11 heteroatoms. The van der Waals surface area contributed by atoms with Crippen LogP contribution in [0.5, 0.6) is 5.75 Å². The highest BCUT2D eigenvalue weighted by Gasteiger charge is 2.36. The first-order valence-electron chi connectivity index (χ1n) is 10.8. The van der Waals surface area contributed by atoms with Crippen LogP contribution < -0.4 is 10.1 Å². The summed E-state index contributed by atoms with van der Waals surface area (Å²) in [5.74, 6) is -0.863. The van der Waals surface area contributed by atoms with E-state index in [1.54, 1.807) is 48.5 Å². The van der Waals surface area contributed by atoms with Gasteiger partial charge in [-0.05, 0) is 110 Å². The minimum Gasteiger partial charge on any atom is -0.487 e. The number of thioether (sulfide) groups is 1. The summed E-state index contributed by atoms with van der Waals surface area (Å²) in [6.07, 6.45) is 1.57. The van der Waals surface area contributed by atoms with E-state index in [1.807, 2.05) is 6.92 Å². The van der Waals surface area contributed by atoms with Gasteiger partial charge in [0, 0.05) is 10.7 Å². The van der Waals surface area contributed by atoms with Gasteiger partial charge < -0.3 is 10.1 Å². The molecule has 6 nitrogen and oxygen atoms in total. The SMILES string of the molecule is Cc1ccc(Cl)cc1NC(=O)CN1C(=O)S/C(=C/c2cc(Br)c(OCc3ccc(F)cc3)c(Br)c2)C1=O. The van der Waals surface area contributed by atoms with Crippen LogP contribution in [0.4, 0.5) is 14.9 Å². The molecule has 0 aromatic heterocycles. The van der Waals surface area contributed by atoms with Crippen LogP contribution in [0.25, 0.3) is 6.08 Å². The van der Waals surface area contributed by atoms with Crippen molar-refractivity contribution in [2.24, 2.45) is 0 Å². The monoisotopic (exact) mass is 666 g/mol. The zero-order chi connectivity index (χ0) is 26.7. The molecule has 0 saturated carbocycles. The molecule has 0 atom stereocenters. The van der Waals surface area contributed by atoms with Crippen LogP contribution in [0.15, 0.2) is 68.4 Å². The molecule has 1 fully saturated rings. The molecule has 4 rings (SSSR count). The Morgan fingerprint density at radius 3 is 2.46 bits per heavy atom. The van der Waals surface area contributed by atoms with Crippen LogP contribution >= 0.6 is 55.2 Å². The number of aryl methyl sites for hydroxylation is 1. The molecule has 0 bridgehead atoms. The first-order chi connectivity index (χ1) is 17.6. The van der Waals surface area contributed by atoms with E-state index in [9.17, 15) is 18.8 Å². The standard InChI is InChI=1S/C26H18Br2ClFN2O4S/c1-14-2-5-17(29)11-21(14)31-23(33)12-32-25(34)22(37-26(32)35)10-16-8-19(27)24(20(28)9-16)36-13-15-3-6-18(30)7-4-15/h2-11H,12-13H2,1H3,(H,31,33)/b22-10+. The maximum absolute atomic E-state index is 13.1. The predicted molar refractivity (Wildman–Crippen MR) is 150 cm³/mol. The molecule has 1 saturated heterocycles. The van der Waals surface area contributed by atoms with Crippen molar-refractivity contribution in [2.45, 2.75) is 13.5 Å². The molecule has 1 aliphatic rings. The number of ether oxygens (including phenoxy) is 1. The summed E-state index contributed by atoms with van der Waals surface area (Å²) in [4.78, 5) is 39.0. The maximum Gasteiger partial charge on any atom is 0.294 e. The molecule has 3 aromatic carbocycles. The van der Waals surface area contributed by atoms with E-state index in [0.717, 1.165) is 27.8 Å². The molecule has 1 N–H and O–H groups in total. The number of nitrogens with zero attached hydrogens (tertiary/aromatic N) is 1. The van der Waals surface area contributed by atoms with E-state index in [1.165, 1.54) is 12.1 Å². The van der Waals surface area contributed by atoms with Gasteiger partial charge in [0.1, 0.15) is 24.7 Å². The lowest BCUT2D eigenvalue weighted by Gasteiger charge is -2.14. The minimum absolute atomic E-state index is 0.190. The van der Waals surface area contributed by atoms with E-state index in [4.69, 9.17) is 16.3 Å². The van der Waals surface area contributed by atoms with Crippen molar-refractivity contribution in [3.8, 4) is 5.75 Å². The highest BCUT2D eigenvalue weighted by Crippen LogP contribution is 2.38. The van der Waals surface area contributed by atoms with Crippen molar-refractivity contribution < 1.29 is 23.5 Å². The maximum atomic E-state index is 13.1. The Morgan fingerprint density at radius 1 is 1.11 bits per heavy atom. The quantitative estimate of drug-likeness (QED) is 0.263.